The number of likely N-dealkylation sites (tertiary alicyclic amines) is 1. The van der Waals surface area contributed by atoms with Gasteiger partial charge in [-0.05, 0) is 25.3 Å². The van der Waals surface area contributed by atoms with Crippen LogP contribution in [-0.2, 0) is 6.54 Å². The largest absolute Gasteiger partial charge is 0.329 e. The number of benzene rings is 1. The molecule has 0 amide bonds. The fraction of sp³-hybridized carbons (Fsp3) is 0.529. The predicted molar refractivity (Wildman–Crippen MR) is 84.2 cm³/mol. The van der Waals surface area contributed by atoms with Gasteiger partial charge in [0.25, 0.3) is 0 Å². The maximum absolute atomic E-state index is 5.99. The monoisotopic (exact) mass is 271 g/mol. The first-order chi connectivity index (χ1) is 9.78. The summed E-state index contributed by atoms with van der Waals surface area (Å²) in [6.07, 6.45) is 2.20. The van der Waals surface area contributed by atoms with Crippen LogP contribution in [0, 0.1) is 11.8 Å². The van der Waals surface area contributed by atoms with Crippen molar-refractivity contribution >= 4 is 0 Å². The first-order valence-corrected chi connectivity index (χ1v) is 7.39. The summed E-state index contributed by atoms with van der Waals surface area (Å²) in [5.41, 5.74) is 7.46. The van der Waals surface area contributed by atoms with Crippen molar-refractivity contribution in [1.82, 2.24) is 10.2 Å². The van der Waals surface area contributed by atoms with Crippen LogP contribution in [0.5, 0.6) is 0 Å². The quantitative estimate of drug-likeness (QED) is 0.799. The van der Waals surface area contributed by atoms with Crippen LogP contribution in [-0.4, -0.2) is 36.6 Å². The van der Waals surface area contributed by atoms with Gasteiger partial charge in [-0.25, -0.2) is 0 Å². The van der Waals surface area contributed by atoms with Gasteiger partial charge in [0.05, 0.1) is 6.54 Å². The smallest absolute Gasteiger partial charge is 0.0581 e. The molecule has 3 nitrogen and oxygen atoms in total. The van der Waals surface area contributed by atoms with Crippen LogP contribution in [0.15, 0.2) is 30.3 Å². The van der Waals surface area contributed by atoms with Crippen molar-refractivity contribution in [2.75, 3.05) is 26.2 Å². The zero-order valence-corrected chi connectivity index (χ0v) is 12.4. The van der Waals surface area contributed by atoms with Gasteiger partial charge in [-0.3, -0.25) is 10.2 Å². The fourth-order valence-electron chi connectivity index (χ4n) is 2.75. The van der Waals surface area contributed by atoms with Gasteiger partial charge in [0, 0.05) is 31.7 Å². The van der Waals surface area contributed by atoms with Crippen molar-refractivity contribution in [3.8, 4) is 11.8 Å². The molecule has 0 aromatic heterocycles. The van der Waals surface area contributed by atoms with Gasteiger partial charge in [-0.1, -0.05) is 36.3 Å². The van der Waals surface area contributed by atoms with E-state index in [1.54, 1.807) is 0 Å². The molecule has 0 spiro atoms. The third kappa shape index (κ3) is 4.08. The lowest BCUT2D eigenvalue weighted by atomic mass is 9.87. The molecule has 1 aromatic carbocycles. The predicted octanol–water partition coefficient (Wildman–Crippen LogP) is 1.59. The lowest BCUT2D eigenvalue weighted by molar-refractivity contribution is 0.137. The van der Waals surface area contributed by atoms with Crippen molar-refractivity contribution in [2.24, 2.45) is 5.73 Å². The molecule has 0 atom stereocenters. The average molecular weight is 271 g/mol. The summed E-state index contributed by atoms with van der Waals surface area (Å²) in [6, 6.07) is 10.7. The minimum atomic E-state index is 0.0804. The summed E-state index contributed by atoms with van der Waals surface area (Å²) in [5.74, 6) is 6.00. The Balaban J connectivity index is 1.85. The Hall–Kier alpha value is -1.34. The highest BCUT2D eigenvalue weighted by molar-refractivity contribution is 5.14. The SMILES string of the molecule is CC#CCNC1(CN)CCN(Cc2ccccc2)CC1. The molecule has 1 aliphatic rings. The van der Waals surface area contributed by atoms with Gasteiger partial charge in [-0.15, -0.1) is 5.92 Å². The molecule has 1 fully saturated rings. The molecule has 0 unspecified atom stereocenters. The molecule has 3 N–H and O–H groups in total. The van der Waals surface area contributed by atoms with Crippen LogP contribution in [0.25, 0.3) is 0 Å². The molecule has 0 radical (unpaired) electrons. The van der Waals surface area contributed by atoms with Crippen LogP contribution in [0.3, 0.4) is 0 Å². The maximum Gasteiger partial charge on any atom is 0.0581 e. The number of nitrogens with one attached hydrogen (secondary N) is 1. The maximum atomic E-state index is 5.99. The summed E-state index contributed by atoms with van der Waals surface area (Å²) in [6.45, 7) is 6.54. The lowest BCUT2D eigenvalue weighted by Crippen LogP contribution is -2.57. The lowest BCUT2D eigenvalue weighted by Gasteiger charge is -2.41. The van der Waals surface area contributed by atoms with Gasteiger partial charge in [0.15, 0.2) is 0 Å². The molecule has 3 heteroatoms. The third-order valence-electron chi connectivity index (χ3n) is 4.18. The standard InChI is InChI=1S/C17H25N3/c1-2-3-11-19-17(15-18)9-12-20(13-10-17)14-16-7-5-4-6-8-16/h4-8,19H,9-15,18H2,1H3. The zero-order valence-electron chi connectivity index (χ0n) is 12.4. The molecular formula is C17H25N3. The topological polar surface area (TPSA) is 41.3 Å². The zero-order chi connectivity index (χ0) is 14.3. The second-order valence-electron chi connectivity index (χ2n) is 5.53. The minimum absolute atomic E-state index is 0.0804. The van der Waals surface area contributed by atoms with Crippen molar-refractivity contribution in [1.29, 1.82) is 0 Å². The Morgan fingerprint density at radius 3 is 2.55 bits per heavy atom. The number of nitrogens with zero attached hydrogens (tertiary/aromatic N) is 1. The summed E-state index contributed by atoms with van der Waals surface area (Å²) in [7, 11) is 0. The highest BCUT2D eigenvalue weighted by atomic mass is 15.2. The van der Waals surface area contributed by atoms with E-state index in [1.165, 1.54) is 5.56 Å². The van der Waals surface area contributed by atoms with Crippen LogP contribution < -0.4 is 11.1 Å². The number of hydrogen-bond acceptors (Lipinski definition) is 3. The van der Waals surface area contributed by atoms with Gasteiger partial charge >= 0.3 is 0 Å². The Morgan fingerprint density at radius 2 is 1.95 bits per heavy atom. The number of piperidine rings is 1. The van der Waals surface area contributed by atoms with Crippen molar-refractivity contribution in [3.63, 3.8) is 0 Å². The van der Waals surface area contributed by atoms with Crippen molar-refractivity contribution in [2.45, 2.75) is 31.8 Å². The highest BCUT2D eigenvalue weighted by Gasteiger charge is 2.32. The van der Waals surface area contributed by atoms with Gasteiger partial charge in [-0.2, -0.15) is 0 Å². The molecule has 0 saturated carbocycles. The molecule has 1 aliphatic heterocycles. The van der Waals surface area contributed by atoms with E-state index in [4.69, 9.17) is 5.73 Å². The molecule has 2 rings (SSSR count). The highest BCUT2D eigenvalue weighted by Crippen LogP contribution is 2.22. The molecule has 1 aromatic rings. The minimum Gasteiger partial charge on any atom is -0.329 e. The van der Waals surface area contributed by atoms with Crippen LogP contribution in [0.1, 0.15) is 25.3 Å². The number of nitrogens with two attached hydrogens (primary N) is 1. The molecule has 0 aliphatic carbocycles. The molecular weight excluding hydrogens is 246 g/mol. The van der Waals surface area contributed by atoms with Gasteiger partial charge in [0.2, 0.25) is 0 Å². The van der Waals surface area contributed by atoms with Crippen LogP contribution in [0.2, 0.25) is 0 Å². The third-order valence-corrected chi connectivity index (χ3v) is 4.18. The summed E-state index contributed by atoms with van der Waals surface area (Å²) in [5, 5.41) is 3.54. The summed E-state index contributed by atoms with van der Waals surface area (Å²) < 4.78 is 0. The average Bonchev–Trinajstić information content (AvgIpc) is 2.51. The van der Waals surface area contributed by atoms with E-state index in [-0.39, 0.29) is 5.54 Å². The second kappa shape index (κ2) is 7.44. The summed E-state index contributed by atoms with van der Waals surface area (Å²) >= 11 is 0. The van der Waals surface area contributed by atoms with E-state index in [0.29, 0.717) is 6.54 Å². The van der Waals surface area contributed by atoms with E-state index >= 15 is 0 Å². The first kappa shape index (κ1) is 15.1. The Morgan fingerprint density at radius 1 is 1.25 bits per heavy atom. The van der Waals surface area contributed by atoms with Crippen LogP contribution >= 0.6 is 0 Å². The fourth-order valence-corrected chi connectivity index (χ4v) is 2.75. The Kier molecular flexibility index (Phi) is 5.60. The normalized spacial score (nSPS) is 18.3. The van der Waals surface area contributed by atoms with Crippen molar-refractivity contribution < 1.29 is 0 Å². The van der Waals surface area contributed by atoms with Crippen LogP contribution in [0.4, 0.5) is 0 Å². The molecule has 1 heterocycles. The molecule has 20 heavy (non-hydrogen) atoms. The van der Waals surface area contributed by atoms with Gasteiger partial charge in [0.1, 0.15) is 0 Å². The second-order valence-corrected chi connectivity index (χ2v) is 5.53. The number of rotatable bonds is 5. The van der Waals surface area contributed by atoms with E-state index in [2.05, 4.69) is 52.4 Å². The number of hydrogen-bond donors (Lipinski definition) is 2. The molecule has 1 saturated heterocycles. The Bertz CT molecular complexity index is 450. The Labute approximate surface area is 122 Å². The van der Waals surface area contributed by atoms with Gasteiger partial charge < -0.3 is 5.73 Å². The molecule has 0 bridgehead atoms. The summed E-state index contributed by atoms with van der Waals surface area (Å²) in [4.78, 5) is 2.51. The van der Waals surface area contributed by atoms with E-state index in [1.807, 2.05) is 6.92 Å². The van der Waals surface area contributed by atoms with E-state index in [0.717, 1.165) is 39.0 Å². The van der Waals surface area contributed by atoms with E-state index < -0.39 is 0 Å². The first-order valence-electron chi connectivity index (χ1n) is 7.39. The van der Waals surface area contributed by atoms with E-state index in [9.17, 15) is 0 Å². The molecule has 108 valence electrons. The van der Waals surface area contributed by atoms with Crippen molar-refractivity contribution in [3.05, 3.63) is 35.9 Å².